The van der Waals surface area contributed by atoms with E-state index in [1.807, 2.05) is 6.07 Å². The Hall–Kier alpha value is -5.02. The molecule has 0 unspecified atom stereocenters. The highest BCUT2D eigenvalue weighted by molar-refractivity contribution is 7.00. The van der Waals surface area contributed by atoms with Crippen molar-refractivity contribution >= 4 is 57.2 Å². The SMILES string of the molecule is [2H]C([2H])([2H])c1cc2c3c(c1)N(c1ccc4c(c1C)C(C)(C)CC4(C)C)c1cc4c(cc1B3c1cc(C(C)(C)c3ccccc3)ccc1N2c1cc2c(cc1C)C(C)(C)CCC2(C)C)C(C)(C)CC4(C)C. The van der Waals surface area contributed by atoms with Gasteiger partial charge in [0.05, 0.1) is 0 Å². The van der Waals surface area contributed by atoms with E-state index in [1.54, 1.807) is 0 Å². The Morgan fingerprint density at radius 3 is 1.64 bits per heavy atom. The molecule has 11 rings (SSSR count). The number of rotatable bonds is 4. The second-order valence-electron chi connectivity index (χ2n) is 26.2. The number of aryl methyl sites for hydroxylation is 2. The molecule has 0 atom stereocenters. The van der Waals surface area contributed by atoms with Gasteiger partial charge in [-0.3, -0.25) is 0 Å². The first-order valence-electron chi connectivity index (χ1n) is 26.9. The van der Waals surface area contributed by atoms with Crippen molar-refractivity contribution in [1.82, 2.24) is 0 Å². The van der Waals surface area contributed by atoms with Gasteiger partial charge in [0.1, 0.15) is 0 Å². The molecule has 0 bridgehead atoms. The molecule has 5 aliphatic rings. The Morgan fingerprint density at radius 1 is 0.478 bits per heavy atom. The molecular formula is C64H75BN2. The van der Waals surface area contributed by atoms with Gasteiger partial charge >= 0.3 is 0 Å². The molecule has 0 saturated heterocycles. The van der Waals surface area contributed by atoms with Crippen LogP contribution in [-0.4, -0.2) is 6.71 Å². The van der Waals surface area contributed by atoms with Crippen LogP contribution >= 0.6 is 0 Å². The minimum atomic E-state index is -2.36. The van der Waals surface area contributed by atoms with Crippen LogP contribution in [0.1, 0.15) is 188 Å². The number of benzene rings is 6. The largest absolute Gasteiger partial charge is 0.311 e. The molecule has 0 N–H and O–H groups in total. The first-order valence-corrected chi connectivity index (χ1v) is 25.4. The minimum Gasteiger partial charge on any atom is -0.311 e. The lowest BCUT2D eigenvalue weighted by Crippen LogP contribution is -2.62. The van der Waals surface area contributed by atoms with Crippen molar-refractivity contribution in [3.63, 3.8) is 0 Å². The normalized spacial score (nSPS) is 21.3. The molecule has 0 spiro atoms. The number of hydrogen-bond donors (Lipinski definition) is 0. The number of anilines is 6. The van der Waals surface area contributed by atoms with Gasteiger partial charge in [0.2, 0.25) is 0 Å². The van der Waals surface area contributed by atoms with Crippen LogP contribution in [0.15, 0.2) is 97.1 Å². The highest BCUT2D eigenvalue weighted by Crippen LogP contribution is 2.57. The zero-order valence-electron chi connectivity index (χ0n) is 46.5. The predicted molar refractivity (Wildman–Crippen MR) is 290 cm³/mol. The van der Waals surface area contributed by atoms with Crippen LogP contribution in [0.4, 0.5) is 34.1 Å². The molecule has 2 heterocycles. The molecule has 0 fully saturated rings. The topological polar surface area (TPSA) is 6.48 Å². The molecule has 3 aliphatic carbocycles. The van der Waals surface area contributed by atoms with E-state index in [0.717, 1.165) is 59.8 Å². The monoisotopic (exact) mass is 886 g/mol. The van der Waals surface area contributed by atoms with Gasteiger partial charge in [-0.1, -0.05) is 158 Å². The number of nitrogens with zero attached hydrogens (tertiary/aromatic N) is 2. The summed E-state index contributed by atoms with van der Waals surface area (Å²) in [6.07, 6.45) is 4.36. The summed E-state index contributed by atoms with van der Waals surface area (Å²) >= 11 is 0. The second kappa shape index (κ2) is 13.8. The van der Waals surface area contributed by atoms with Gasteiger partial charge in [-0.15, -0.1) is 0 Å². The fourth-order valence-electron chi connectivity index (χ4n) is 15.0. The third-order valence-corrected chi connectivity index (χ3v) is 18.1. The Morgan fingerprint density at radius 2 is 1.00 bits per heavy atom. The van der Waals surface area contributed by atoms with Crippen LogP contribution in [0.2, 0.25) is 0 Å². The van der Waals surface area contributed by atoms with E-state index in [4.69, 9.17) is 0 Å². The second-order valence-corrected chi connectivity index (χ2v) is 26.2. The van der Waals surface area contributed by atoms with E-state index >= 15 is 0 Å². The quantitative estimate of drug-likeness (QED) is 0.163. The average molecular weight is 886 g/mol. The Kier molecular flexibility index (Phi) is 8.46. The maximum absolute atomic E-state index is 9.23. The molecule has 0 saturated carbocycles. The van der Waals surface area contributed by atoms with Crippen LogP contribution in [0, 0.1) is 20.7 Å². The molecule has 0 amide bonds. The van der Waals surface area contributed by atoms with Gasteiger partial charge in [-0.05, 0) is 193 Å². The summed E-state index contributed by atoms with van der Waals surface area (Å²) in [5.41, 5.74) is 23.7. The minimum absolute atomic E-state index is 0.0257. The predicted octanol–water partition coefficient (Wildman–Crippen LogP) is 15.3. The van der Waals surface area contributed by atoms with Gasteiger partial charge < -0.3 is 9.80 Å². The standard InChI is InChI=1S/C64H75BN2/c1-38-29-54-57-55(30-38)67(52-34-46-44(31-39(52)2)58(4,5)27-28-59(46,6)7)51-25-23-42(64(16,17)41-21-19-18-20-22-41)32-48(51)65(57)49-33-45-47(62(12,13)36-61(45,10)11)35-53(49)66(54)50-26-24-43-56(40(50)3)63(14,15)37-60(43,8)9/h18-26,29-35H,27-28,36-37H2,1-17H3/i1D3. The number of fused-ring (bicyclic) bond motifs is 7. The first-order chi connectivity index (χ1) is 32.4. The van der Waals surface area contributed by atoms with Gasteiger partial charge in [-0.25, -0.2) is 0 Å². The zero-order valence-corrected chi connectivity index (χ0v) is 43.5. The van der Waals surface area contributed by atoms with Crippen LogP contribution in [0.3, 0.4) is 0 Å². The molecule has 6 aromatic rings. The summed E-state index contributed by atoms with van der Waals surface area (Å²) in [5, 5.41) is 0. The van der Waals surface area contributed by atoms with E-state index in [-0.39, 0.29) is 44.6 Å². The molecule has 3 heteroatoms. The Bertz CT molecular complexity index is 3220. The van der Waals surface area contributed by atoms with Crippen LogP contribution in [0.5, 0.6) is 0 Å². The van der Waals surface area contributed by atoms with Crippen molar-refractivity contribution in [2.24, 2.45) is 0 Å². The summed E-state index contributed by atoms with van der Waals surface area (Å²) in [6.45, 7) is 35.8. The molecular weight excluding hydrogens is 808 g/mol. The van der Waals surface area contributed by atoms with Crippen molar-refractivity contribution in [3.8, 4) is 0 Å². The average Bonchev–Trinajstić information content (AvgIpc) is 3.58. The van der Waals surface area contributed by atoms with E-state index in [1.165, 1.54) is 72.0 Å². The van der Waals surface area contributed by atoms with Gasteiger partial charge in [-0.2, -0.15) is 0 Å². The lowest BCUT2D eigenvalue weighted by molar-refractivity contribution is 0.332. The molecule has 344 valence electrons. The summed E-state index contributed by atoms with van der Waals surface area (Å²) < 4.78 is 27.7. The lowest BCUT2D eigenvalue weighted by atomic mass is 9.33. The van der Waals surface area contributed by atoms with E-state index < -0.39 is 6.85 Å². The molecule has 67 heavy (non-hydrogen) atoms. The fraction of sp³-hybridized carbons (Fsp3) is 0.438. The third-order valence-electron chi connectivity index (χ3n) is 18.1. The molecule has 0 radical (unpaired) electrons. The third kappa shape index (κ3) is 6.27. The molecule has 6 aromatic carbocycles. The Labute approximate surface area is 408 Å². The maximum atomic E-state index is 9.23. The molecule has 0 aromatic heterocycles. The van der Waals surface area contributed by atoms with Crippen LogP contribution in [0.25, 0.3) is 0 Å². The summed E-state index contributed by atoms with van der Waals surface area (Å²) in [6, 6.07) is 37.1. The van der Waals surface area contributed by atoms with E-state index in [2.05, 4.69) is 212 Å². The summed E-state index contributed by atoms with van der Waals surface area (Å²) in [5.74, 6) is 0. The lowest BCUT2D eigenvalue weighted by Gasteiger charge is -2.47. The van der Waals surface area contributed by atoms with Gasteiger partial charge in [0, 0.05) is 43.7 Å². The fourth-order valence-corrected chi connectivity index (χ4v) is 15.0. The number of hydrogen-bond acceptors (Lipinski definition) is 2. The smallest absolute Gasteiger partial charge is 0.252 e. The Balaban J connectivity index is 1.30. The highest BCUT2D eigenvalue weighted by Gasteiger charge is 2.50. The van der Waals surface area contributed by atoms with Crippen LogP contribution in [-0.2, 0) is 37.9 Å². The van der Waals surface area contributed by atoms with Crippen molar-refractivity contribution in [2.45, 2.75) is 181 Å². The maximum Gasteiger partial charge on any atom is 0.252 e. The van der Waals surface area contributed by atoms with Crippen molar-refractivity contribution in [2.75, 3.05) is 9.80 Å². The first kappa shape index (κ1) is 41.0. The summed E-state index contributed by atoms with van der Waals surface area (Å²) in [7, 11) is 0. The van der Waals surface area contributed by atoms with E-state index in [9.17, 15) is 4.11 Å². The van der Waals surface area contributed by atoms with Crippen LogP contribution < -0.4 is 26.2 Å². The highest BCUT2D eigenvalue weighted by atomic mass is 15.2. The molecule has 2 aliphatic heterocycles. The van der Waals surface area contributed by atoms with Crippen molar-refractivity contribution in [1.29, 1.82) is 0 Å². The van der Waals surface area contributed by atoms with Gasteiger partial charge in [0.15, 0.2) is 0 Å². The van der Waals surface area contributed by atoms with Crippen molar-refractivity contribution in [3.05, 3.63) is 158 Å². The van der Waals surface area contributed by atoms with Crippen molar-refractivity contribution < 1.29 is 4.11 Å². The van der Waals surface area contributed by atoms with E-state index in [0.29, 0.717) is 5.56 Å². The zero-order chi connectivity index (χ0) is 50.4. The summed E-state index contributed by atoms with van der Waals surface area (Å²) in [4.78, 5) is 5.00. The molecule has 2 nitrogen and oxygen atoms in total. The van der Waals surface area contributed by atoms with Gasteiger partial charge in [0.25, 0.3) is 6.71 Å².